The van der Waals surface area contributed by atoms with E-state index in [0.717, 1.165) is 25.6 Å². The fourth-order valence-electron chi connectivity index (χ4n) is 2.81. The summed E-state index contributed by atoms with van der Waals surface area (Å²) >= 11 is 0. The number of piperazine rings is 1. The summed E-state index contributed by atoms with van der Waals surface area (Å²) in [5.74, 6) is 0.896. The van der Waals surface area contributed by atoms with Crippen molar-refractivity contribution in [3.63, 3.8) is 0 Å². The molecule has 1 amide bonds. The molecule has 0 spiro atoms. The molecule has 0 atom stereocenters. The first-order chi connectivity index (χ1) is 12.5. The largest absolute Gasteiger partial charge is 0.450 e. The quantitative estimate of drug-likeness (QED) is 0.392. The van der Waals surface area contributed by atoms with Crippen LogP contribution >= 0.6 is 24.0 Å². The molecule has 1 fully saturated rings. The lowest BCUT2D eigenvalue weighted by molar-refractivity contribution is 0.0914. The Bertz CT molecular complexity index is 599. The molecule has 0 saturated carbocycles. The number of carbonyl (C=O) groups excluding carboxylic acids is 1. The first kappa shape index (κ1) is 23.3. The van der Waals surface area contributed by atoms with Crippen molar-refractivity contribution in [3.05, 3.63) is 29.8 Å². The van der Waals surface area contributed by atoms with E-state index in [2.05, 4.69) is 46.3 Å². The van der Waals surface area contributed by atoms with Gasteiger partial charge in [-0.1, -0.05) is 12.1 Å². The number of halogens is 1. The van der Waals surface area contributed by atoms with Crippen LogP contribution in [0.15, 0.2) is 29.3 Å². The lowest BCUT2D eigenvalue weighted by atomic mass is 10.2. The molecule has 0 aromatic heterocycles. The van der Waals surface area contributed by atoms with E-state index in [0.29, 0.717) is 26.2 Å². The molecular weight excluding hydrogens is 457 g/mol. The minimum absolute atomic E-state index is 0. The predicted octanol–water partition coefficient (Wildman–Crippen LogP) is 2.61. The maximum absolute atomic E-state index is 11.8. The van der Waals surface area contributed by atoms with Gasteiger partial charge in [0.2, 0.25) is 0 Å². The number of nitrogens with zero attached hydrogens (tertiary/aromatic N) is 4. The smallest absolute Gasteiger partial charge is 0.409 e. The van der Waals surface area contributed by atoms with Gasteiger partial charge in [-0.2, -0.15) is 0 Å². The lowest BCUT2D eigenvalue weighted by Crippen LogP contribution is -2.53. The first-order valence-electron chi connectivity index (χ1n) is 9.26. The number of aliphatic imine (C=N–C) groups is 1. The highest BCUT2D eigenvalue weighted by atomic mass is 127. The Morgan fingerprint density at radius 3 is 2.22 bits per heavy atom. The van der Waals surface area contributed by atoms with Crippen molar-refractivity contribution in [1.29, 1.82) is 0 Å². The van der Waals surface area contributed by atoms with E-state index in [1.807, 2.05) is 21.0 Å². The van der Waals surface area contributed by atoms with E-state index in [1.165, 1.54) is 11.3 Å². The molecule has 1 aromatic rings. The molecule has 1 saturated heterocycles. The van der Waals surface area contributed by atoms with Crippen molar-refractivity contribution >= 4 is 41.7 Å². The van der Waals surface area contributed by atoms with Crippen LogP contribution < -0.4 is 10.2 Å². The van der Waals surface area contributed by atoms with Crippen LogP contribution in [0.5, 0.6) is 0 Å². The van der Waals surface area contributed by atoms with Crippen LogP contribution in [0.1, 0.15) is 19.4 Å². The molecule has 0 radical (unpaired) electrons. The van der Waals surface area contributed by atoms with E-state index in [1.54, 1.807) is 4.90 Å². The minimum Gasteiger partial charge on any atom is -0.450 e. The monoisotopic (exact) mass is 489 g/mol. The van der Waals surface area contributed by atoms with Gasteiger partial charge >= 0.3 is 6.09 Å². The van der Waals surface area contributed by atoms with Gasteiger partial charge in [0.1, 0.15) is 0 Å². The number of rotatable bonds is 5. The number of guanidine groups is 1. The second kappa shape index (κ2) is 11.9. The summed E-state index contributed by atoms with van der Waals surface area (Å²) in [5, 5.41) is 3.35. The molecule has 1 aliphatic rings. The summed E-state index contributed by atoms with van der Waals surface area (Å²) in [4.78, 5) is 22.6. The van der Waals surface area contributed by atoms with Crippen molar-refractivity contribution in [2.45, 2.75) is 20.4 Å². The van der Waals surface area contributed by atoms with Gasteiger partial charge < -0.3 is 24.8 Å². The average Bonchev–Trinajstić information content (AvgIpc) is 2.66. The van der Waals surface area contributed by atoms with Crippen molar-refractivity contribution in [3.8, 4) is 0 Å². The Kier molecular flexibility index (Phi) is 10.3. The molecule has 152 valence electrons. The van der Waals surface area contributed by atoms with Gasteiger partial charge in [0, 0.05) is 52.5 Å². The van der Waals surface area contributed by atoms with Gasteiger partial charge in [-0.25, -0.2) is 9.79 Å². The number of amides is 1. The third kappa shape index (κ3) is 7.08. The maximum Gasteiger partial charge on any atom is 0.409 e. The number of benzene rings is 1. The van der Waals surface area contributed by atoms with E-state index in [9.17, 15) is 4.79 Å². The third-order valence-electron chi connectivity index (χ3n) is 4.30. The second-order valence-electron chi connectivity index (χ2n) is 6.40. The molecule has 0 aliphatic carbocycles. The van der Waals surface area contributed by atoms with Crippen molar-refractivity contribution < 1.29 is 9.53 Å². The number of hydrogen-bond donors (Lipinski definition) is 1. The van der Waals surface area contributed by atoms with Crippen LogP contribution in [-0.4, -0.2) is 75.3 Å². The number of ether oxygens (including phenoxy) is 1. The lowest BCUT2D eigenvalue weighted by Gasteiger charge is -2.35. The highest BCUT2D eigenvalue weighted by molar-refractivity contribution is 14.0. The Morgan fingerprint density at radius 1 is 1.11 bits per heavy atom. The van der Waals surface area contributed by atoms with Crippen molar-refractivity contribution in [2.75, 3.05) is 58.3 Å². The fourth-order valence-corrected chi connectivity index (χ4v) is 2.81. The van der Waals surface area contributed by atoms with Gasteiger partial charge in [-0.3, -0.25) is 0 Å². The Labute approximate surface area is 179 Å². The minimum atomic E-state index is -0.227. The molecule has 7 nitrogen and oxygen atoms in total. The standard InChI is InChI=1S/C19H31N5O2.HI/c1-5-20-18(21-15-16-7-9-17(10-8-16)22(3)4)23-11-13-24(14-12-23)19(25)26-6-2;/h7-10H,5-6,11-15H2,1-4H3,(H,20,21);1H. The predicted molar refractivity (Wildman–Crippen MR) is 121 cm³/mol. The molecule has 0 unspecified atom stereocenters. The summed E-state index contributed by atoms with van der Waals surface area (Å²) in [6.07, 6.45) is -0.227. The third-order valence-corrected chi connectivity index (χ3v) is 4.30. The van der Waals surface area contributed by atoms with Gasteiger partial charge in [0.15, 0.2) is 5.96 Å². The van der Waals surface area contributed by atoms with Gasteiger partial charge in [0.05, 0.1) is 13.2 Å². The molecule has 1 heterocycles. The Hall–Kier alpha value is -1.71. The van der Waals surface area contributed by atoms with Crippen molar-refractivity contribution in [1.82, 2.24) is 15.1 Å². The zero-order chi connectivity index (χ0) is 18.9. The molecular formula is C19H32IN5O2. The SMILES string of the molecule is CCNC(=NCc1ccc(N(C)C)cc1)N1CCN(C(=O)OCC)CC1.I. The molecule has 1 N–H and O–H groups in total. The summed E-state index contributed by atoms with van der Waals surface area (Å²) < 4.78 is 5.08. The highest BCUT2D eigenvalue weighted by Crippen LogP contribution is 2.13. The molecule has 2 rings (SSSR count). The highest BCUT2D eigenvalue weighted by Gasteiger charge is 2.23. The molecule has 27 heavy (non-hydrogen) atoms. The van der Waals surface area contributed by atoms with E-state index >= 15 is 0 Å². The topological polar surface area (TPSA) is 60.4 Å². The van der Waals surface area contributed by atoms with Crippen LogP contribution in [0.2, 0.25) is 0 Å². The summed E-state index contributed by atoms with van der Waals surface area (Å²) in [6, 6.07) is 8.44. The molecule has 8 heteroatoms. The van der Waals surface area contributed by atoms with Crippen LogP contribution in [-0.2, 0) is 11.3 Å². The van der Waals surface area contributed by atoms with Crippen LogP contribution in [0.3, 0.4) is 0 Å². The fraction of sp³-hybridized carbons (Fsp3) is 0.579. The van der Waals surface area contributed by atoms with Crippen LogP contribution in [0, 0.1) is 0 Å². The van der Waals surface area contributed by atoms with Crippen molar-refractivity contribution in [2.24, 2.45) is 4.99 Å². The van der Waals surface area contributed by atoms with Crippen LogP contribution in [0.25, 0.3) is 0 Å². The Morgan fingerprint density at radius 2 is 1.70 bits per heavy atom. The van der Waals surface area contributed by atoms with E-state index in [-0.39, 0.29) is 30.1 Å². The Balaban J connectivity index is 0.00000364. The molecule has 1 aromatic carbocycles. The number of nitrogens with one attached hydrogen (secondary N) is 1. The summed E-state index contributed by atoms with van der Waals surface area (Å²) in [6.45, 7) is 8.57. The van der Waals surface area contributed by atoms with E-state index in [4.69, 9.17) is 9.73 Å². The normalized spacial score (nSPS) is 14.4. The maximum atomic E-state index is 11.8. The van der Waals surface area contributed by atoms with E-state index < -0.39 is 0 Å². The first-order valence-corrected chi connectivity index (χ1v) is 9.26. The number of carbonyl (C=O) groups is 1. The average molecular weight is 489 g/mol. The second-order valence-corrected chi connectivity index (χ2v) is 6.40. The van der Waals surface area contributed by atoms with Crippen LogP contribution in [0.4, 0.5) is 10.5 Å². The molecule has 1 aliphatic heterocycles. The summed E-state index contributed by atoms with van der Waals surface area (Å²) in [7, 11) is 4.07. The van der Waals surface area contributed by atoms with Gasteiger partial charge in [-0.05, 0) is 31.5 Å². The van der Waals surface area contributed by atoms with Gasteiger partial charge in [0.25, 0.3) is 0 Å². The zero-order valence-corrected chi connectivity index (χ0v) is 19.1. The number of anilines is 1. The van der Waals surface area contributed by atoms with Gasteiger partial charge in [-0.15, -0.1) is 24.0 Å². The summed E-state index contributed by atoms with van der Waals surface area (Å²) in [5.41, 5.74) is 2.36. The number of hydrogen-bond acceptors (Lipinski definition) is 4. The zero-order valence-electron chi connectivity index (χ0n) is 16.8. The molecule has 0 bridgehead atoms.